The van der Waals surface area contributed by atoms with E-state index in [-0.39, 0.29) is 17.1 Å². The van der Waals surface area contributed by atoms with Gasteiger partial charge in [0, 0.05) is 23.4 Å². The van der Waals surface area contributed by atoms with Gasteiger partial charge in [0.05, 0.1) is 27.7 Å². The lowest BCUT2D eigenvalue weighted by molar-refractivity contribution is -0.384. The Bertz CT molecular complexity index is 1430. The van der Waals surface area contributed by atoms with Crippen molar-refractivity contribution in [1.29, 1.82) is 0 Å². The fourth-order valence-electron chi connectivity index (χ4n) is 3.18. The Morgan fingerprint density at radius 2 is 1.67 bits per heavy atom. The summed E-state index contributed by atoms with van der Waals surface area (Å²) in [5, 5.41) is 29.2. The minimum absolute atomic E-state index is 0.0795. The lowest BCUT2D eigenvalue weighted by Crippen LogP contribution is -2.12. The molecule has 166 valence electrons. The molecule has 4 aromatic rings. The number of azo groups is 1. The van der Waals surface area contributed by atoms with Crippen LogP contribution in [0.1, 0.15) is 5.56 Å². The summed E-state index contributed by atoms with van der Waals surface area (Å²) in [5.74, 6) is 0. The van der Waals surface area contributed by atoms with Gasteiger partial charge in [0.1, 0.15) is 0 Å². The van der Waals surface area contributed by atoms with Crippen molar-refractivity contribution in [2.45, 2.75) is 11.4 Å². The first-order valence-electron chi connectivity index (χ1n) is 9.71. The molecule has 0 spiro atoms. The van der Waals surface area contributed by atoms with Gasteiger partial charge in [-0.1, -0.05) is 48.5 Å². The molecular formula is C22H18N6O4S. The van der Waals surface area contributed by atoms with E-state index >= 15 is 0 Å². The van der Waals surface area contributed by atoms with Crippen molar-refractivity contribution in [1.82, 2.24) is 9.78 Å². The van der Waals surface area contributed by atoms with Gasteiger partial charge in [0.25, 0.3) is 5.69 Å². The molecular weight excluding hydrogens is 444 g/mol. The molecule has 0 saturated heterocycles. The van der Waals surface area contributed by atoms with E-state index in [1.165, 1.54) is 6.07 Å². The molecule has 2 N–H and O–H groups in total. The molecule has 0 amide bonds. The highest BCUT2D eigenvalue weighted by Gasteiger charge is 2.19. The van der Waals surface area contributed by atoms with Crippen LogP contribution in [0.4, 0.5) is 11.4 Å². The van der Waals surface area contributed by atoms with Crippen molar-refractivity contribution < 1.29 is 13.3 Å². The van der Waals surface area contributed by atoms with E-state index in [1.54, 1.807) is 4.68 Å². The summed E-state index contributed by atoms with van der Waals surface area (Å²) >= 11 is 0. The first-order valence-corrected chi connectivity index (χ1v) is 11.3. The third-order valence-corrected chi connectivity index (χ3v) is 5.66. The number of hydrogen-bond donors (Lipinski definition) is 1. The Labute approximate surface area is 189 Å². The van der Waals surface area contributed by atoms with E-state index in [4.69, 9.17) is 5.14 Å². The number of primary sulfonamides is 1. The van der Waals surface area contributed by atoms with Gasteiger partial charge < -0.3 is 0 Å². The van der Waals surface area contributed by atoms with E-state index in [9.17, 15) is 18.5 Å². The van der Waals surface area contributed by atoms with Crippen LogP contribution in [0.3, 0.4) is 0 Å². The molecule has 33 heavy (non-hydrogen) atoms. The fraction of sp³-hybridized carbons (Fsp3) is 0.0455. The maximum absolute atomic E-state index is 11.5. The van der Waals surface area contributed by atoms with Crippen LogP contribution in [-0.4, -0.2) is 23.1 Å². The number of nitro benzene ring substituents is 1. The van der Waals surface area contributed by atoms with E-state index in [0.717, 1.165) is 28.9 Å². The van der Waals surface area contributed by atoms with Gasteiger partial charge >= 0.3 is 0 Å². The molecule has 1 heterocycles. The molecule has 3 aromatic carbocycles. The average Bonchev–Trinajstić information content (AvgIpc) is 3.24. The number of nitro groups is 1. The smallest absolute Gasteiger partial charge is 0.258 e. The molecule has 11 heteroatoms. The number of aromatic nitrogens is 2. The van der Waals surface area contributed by atoms with Crippen molar-refractivity contribution >= 4 is 21.4 Å². The molecule has 1 aromatic heterocycles. The fourth-order valence-corrected chi connectivity index (χ4v) is 3.71. The van der Waals surface area contributed by atoms with Crippen LogP contribution in [0.5, 0.6) is 0 Å². The van der Waals surface area contributed by atoms with Gasteiger partial charge in [-0.15, -0.1) is 5.11 Å². The third kappa shape index (κ3) is 5.00. The summed E-state index contributed by atoms with van der Waals surface area (Å²) in [7, 11) is -4.09. The second kappa shape index (κ2) is 9.10. The highest BCUT2D eigenvalue weighted by molar-refractivity contribution is 7.89. The van der Waals surface area contributed by atoms with Crippen LogP contribution in [0.25, 0.3) is 16.9 Å². The largest absolute Gasteiger partial charge is 0.298 e. The number of hydrogen-bond acceptors (Lipinski definition) is 7. The molecule has 0 aliphatic heterocycles. The van der Waals surface area contributed by atoms with Crippen LogP contribution in [-0.2, 0) is 16.6 Å². The second-order valence-corrected chi connectivity index (χ2v) is 8.56. The molecule has 0 fully saturated rings. The summed E-state index contributed by atoms with van der Waals surface area (Å²) < 4.78 is 24.7. The minimum Gasteiger partial charge on any atom is -0.258 e. The molecule has 0 bridgehead atoms. The number of rotatable bonds is 7. The highest BCUT2D eigenvalue weighted by atomic mass is 32.2. The normalized spacial score (nSPS) is 11.7. The van der Waals surface area contributed by atoms with Crippen molar-refractivity contribution in [3.63, 3.8) is 0 Å². The Morgan fingerprint density at radius 3 is 2.30 bits per heavy atom. The van der Waals surface area contributed by atoms with Gasteiger partial charge in [-0.05, 0) is 24.3 Å². The first-order chi connectivity index (χ1) is 15.8. The second-order valence-electron chi connectivity index (χ2n) is 7.00. The predicted octanol–water partition coefficient (Wildman–Crippen LogP) is 4.38. The molecule has 0 unspecified atom stereocenters. The minimum atomic E-state index is -4.09. The summed E-state index contributed by atoms with van der Waals surface area (Å²) in [5.41, 5.74) is 2.64. The summed E-state index contributed by atoms with van der Waals surface area (Å²) in [4.78, 5) is 10.3. The van der Waals surface area contributed by atoms with Crippen LogP contribution in [0.15, 0.2) is 100 Å². The van der Waals surface area contributed by atoms with Gasteiger partial charge in [0.2, 0.25) is 10.0 Å². The molecule has 0 atom stereocenters. The Hall–Kier alpha value is -4.22. The number of benzene rings is 3. The standard InChI is InChI=1S/C22H18N6O4S/c23-33(31,32)19-11-12-20(21(13-19)28(29)30)25-24-14-17-15-27(18-9-5-2-6-10-18)26-22(17)16-7-3-1-4-8-16/h1-13,15H,14H2,(H2,23,31,32). The first kappa shape index (κ1) is 22.0. The molecule has 10 nitrogen and oxygen atoms in total. The highest BCUT2D eigenvalue weighted by Crippen LogP contribution is 2.31. The summed E-state index contributed by atoms with van der Waals surface area (Å²) in [6.45, 7) is 0.102. The average molecular weight is 462 g/mol. The van der Waals surface area contributed by atoms with Crippen molar-refractivity contribution in [2.75, 3.05) is 0 Å². The Kier molecular flexibility index (Phi) is 6.07. The molecule has 0 aliphatic carbocycles. The zero-order chi connectivity index (χ0) is 23.4. The van der Waals surface area contributed by atoms with Crippen molar-refractivity contribution in [3.8, 4) is 16.9 Å². The maximum atomic E-state index is 11.5. The molecule has 0 saturated carbocycles. The van der Waals surface area contributed by atoms with Crippen LogP contribution < -0.4 is 5.14 Å². The van der Waals surface area contributed by atoms with Crippen LogP contribution in [0.2, 0.25) is 0 Å². The zero-order valence-corrected chi connectivity index (χ0v) is 18.0. The topological polar surface area (TPSA) is 146 Å². The molecule has 0 aliphatic rings. The number of sulfonamides is 1. The monoisotopic (exact) mass is 462 g/mol. The Balaban J connectivity index is 1.68. The Morgan fingerprint density at radius 1 is 1.00 bits per heavy atom. The lowest BCUT2D eigenvalue weighted by Gasteiger charge is -2.01. The van der Waals surface area contributed by atoms with Gasteiger partial charge in [0.15, 0.2) is 5.69 Å². The molecule has 4 rings (SSSR count). The number of para-hydroxylation sites is 1. The summed E-state index contributed by atoms with van der Waals surface area (Å²) in [6, 6.07) is 22.3. The molecule has 0 radical (unpaired) electrons. The van der Waals surface area contributed by atoms with Gasteiger partial charge in [-0.3, -0.25) is 10.1 Å². The van der Waals surface area contributed by atoms with Crippen molar-refractivity contribution in [3.05, 3.63) is 101 Å². The predicted molar refractivity (Wildman–Crippen MR) is 122 cm³/mol. The number of nitrogens with two attached hydrogens (primary N) is 1. The van der Waals surface area contributed by atoms with Gasteiger partial charge in [-0.2, -0.15) is 10.2 Å². The van der Waals surface area contributed by atoms with Crippen LogP contribution >= 0.6 is 0 Å². The quantitative estimate of drug-likeness (QED) is 0.246. The zero-order valence-electron chi connectivity index (χ0n) is 17.1. The van der Waals surface area contributed by atoms with Crippen molar-refractivity contribution in [2.24, 2.45) is 15.4 Å². The van der Waals surface area contributed by atoms with E-state index in [1.807, 2.05) is 66.9 Å². The SMILES string of the molecule is NS(=O)(=O)c1ccc(N=NCc2cn(-c3ccccc3)nc2-c2ccccc2)c([N+](=O)[O-])c1. The van der Waals surface area contributed by atoms with Crippen LogP contribution in [0, 0.1) is 10.1 Å². The van der Waals surface area contributed by atoms with E-state index < -0.39 is 20.6 Å². The third-order valence-electron chi connectivity index (χ3n) is 4.75. The summed E-state index contributed by atoms with van der Waals surface area (Å²) in [6.07, 6.45) is 1.83. The van der Waals surface area contributed by atoms with Gasteiger partial charge in [-0.25, -0.2) is 18.2 Å². The number of nitrogens with zero attached hydrogens (tertiary/aromatic N) is 5. The maximum Gasteiger partial charge on any atom is 0.298 e. The van der Waals surface area contributed by atoms with E-state index in [0.29, 0.717) is 5.69 Å². The lowest BCUT2D eigenvalue weighted by atomic mass is 10.1. The van der Waals surface area contributed by atoms with E-state index in [2.05, 4.69) is 15.3 Å².